The molecule has 1 heterocycles. The number of rotatable bonds is 5. The molecule has 0 fully saturated rings. The number of pyridine rings is 1. The lowest BCUT2D eigenvalue weighted by atomic mass is 10.2. The lowest BCUT2D eigenvalue weighted by Gasteiger charge is -2.10. The van der Waals surface area contributed by atoms with Crippen LogP contribution in [-0.4, -0.2) is 12.0 Å². The smallest absolute Gasteiger partial charge is 0.147 e. The van der Waals surface area contributed by atoms with Gasteiger partial charge in [-0.1, -0.05) is 23.7 Å². The first-order valence-electron chi connectivity index (χ1n) is 6.14. The van der Waals surface area contributed by atoms with E-state index >= 15 is 0 Å². The van der Waals surface area contributed by atoms with Crippen LogP contribution in [0.1, 0.15) is 16.8 Å². The summed E-state index contributed by atoms with van der Waals surface area (Å²) in [6.45, 7) is 1.02. The van der Waals surface area contributed by atoms with Gasteiger partial charge in [0.1, 0.15) is 24.1 Å². The molecule has 0 spiro atoms. The van der Waals surface area contributed by atoms with Gasteiger partial charge in [0, 0.05) is 18.3 Å². The second-order valence-corrected chi connectivity index (χ2v) is 4.61. The number of nitrogens with one attached hydrogen (secondary N) is 1. The molecule has 0 atom stereocenters. The van der Waals surface area contributed by atoms with E-state index in [0.717, 1.165) is 17.7 Å². The molecule has 20 heavy (non-hydrogen) atoms. The van der Waals surface area contributed by atoms with E-state index in [1.54, 1.807) is 12.3 Å². The second-order valence-electron chi connectivity index (χ2n) is 4.21. The van der Waals surface area contributed by atoms with Gasteiger partial charge in [0.2, 0.25) is 0 Å². The van der Waals surface area contributed by atoms with Crippen molar-refractivity contribution < 1.29 is 4.74 Å². The van der Waals surface area contributed by atoms with Crippen LogP contribution in [0.3, 0.4) is 0 Å². The number of hydrogen-bond donors (Lipinski definition) is 1. The van der Waals surface area contributed by atoms with Crippen LogP contribution in [0.25, 0.3) is 0 Å². The summed E-state index contributed by atoms with van der Waals surface area (Å²) in [5, 5.41) is 12.6. The standard InChI is InChI=1S/C15H14ClN3O/c1-18-9-11-4-5-15(13(16)7-11)20-10-12-3-2-6-19-14(12)8-17/h2-7,18H,9-10H2,1H3. The molecule has 4 nitrogen and oxygen atoms in total. The predicted molar refractivity (Wildman–Crippen MR) is 77.5 cm³/mol. The Bertz CT molecular complexity index is 637. The van der Waals surface area contributed by atoms with Crippen molar-refractivity contribution in [3.05, 3.63) is 58.4 Å². The summed E-state index contributed by atoms with van der Waals surface area (Å²) in [6.07, 6.45) is 1.58. The van der Waals surface area contributed by atoms with Gasteiger partial charge in [-0.3, -0.25) is 0 Å². The Hall–Kier alpha value is -2.09. The summed E-state index contributed by atoms with van der Waals surface area (Å²) in [5.74, 6) is 0.597. The Balaban J connectivity index is 2.09. The highest BCUT2D eigenvalue weighted by atomic mass is 35.5. The van der Waals surface area contributed by atoms with Crippen molar-refractivity contribution in [2.45, 2.75) is 13.2 Å². The van der Waals surface area contributed by atoms with E-state index < -0.39 is 0 Å². The van der Waals surface area contributed by atoms with Gasteiger partial charge < -0.3 is 10.1 Å². The monoisotopic (exact) mass is 287 g/mol. The van der Waals surface area contributed by atoms with E-state index in [0.29, 0.717) is 16.5 Å². The fourth-order valence-electron chi connectivity index (χ4n) is 1.79. The number of aromatic nitrogens is 1. The quantitative estimate of drug-likeness (QED) is 0.918. The molecule has 0 saturated heterocycles. The number of nitrogens with zero attached hydrogens (tertiary/aromatic N) is 2. The molecule has 5 heteroatoms. The maximum absolute atomic E-state index is 8.96. The van der Waals surface area contributed by atoms with Crippen LogP contribution < -0.4 is 10.1 Å². The normalized spacial score (nSPS) is 10.1. The topological polar surface area (TPSA) is 57.9 Å². The summed E-state index contributed by atoms with van der Waals surface area (Å²) in [7, 11) is 1.88. The van der Waals surface area contributed by atoms with Gasteiger partial charge in [-0.05, 0) is 30.8 Å². The predicted octanol–water partition coefficient (Wildman–Crippen LogP) is 2.91. The highest BCUT2D eigenvalue weighted by molar-refractivity contribution is 6.32. The third-order valence-corrected chi connectivity index (χ3v) is 3.05. The van der Waals surface area contributed by atoms with Gasteiger partial charge in [-0.25, -0.2) is 4.98 Å². The molecule has 0 unspecified atom stereocenters. The van der Waals surface area contributed by atoms with Crippen molar-refractivity contribution in [2.75, 3.05) is 7.05 Å². The molecule has 0 amide bonds. The summed E-state index contributed by atoms with van der Waals surface area (Å²) in [6, 6.07) is 11.3. The lowest BCUT2D eigenvalue weighted by Crippen LogP contribution is -2.05. The minimum absolute atomic E-state index is 0.266. The minimum atomic E-state index is 0.266. The molecular weight excluding hydrogens is 274 g/mol. The molecule has 1 aromatic carbocycles. The average molecular weight is 288 g/mol. The molecule has 1 aromatic heterocycles. The van der Waals surface area contributed by atoms with E-state index in [-0.39, 0.29) is 6.61 Å². The molecule has 0 saturated carbocycles. The Morgan fingerprint density at radius 3 is 2.95 bits per heavy atom. The van der Waals surface area contributed by atoms with Crippen molar-refractivity contribution >= 4 is 11.6 Å². The van der Waals surface area contributed by atoms with Gasteiger partial charge in [-0.2, -0.15) is 5.26 Å². The van der Waals surface area contributed by atoms with Crippen LogP contribution in [0.5, 0.6) is 5.75 Å². The Labute approximate surface area is 123 Å². The first kappa shape index (κ1) is 14.3. The first-order chi connectivity index (χ1) is 9.74. The van der Waals surface area contributed by atoms with E-state index in [2.05, 4.69) is 10.3 Å². The fourth-order valence-corrected chi connectivity index (χ4v) is 2.04. The highest BCUT2D eigenvalue weighted by Gasteiger charge is 2.06. The van der Waals surface area contributed by atoms with Crippen LogP contribution in [0.15, 0.2) is 36.5 Å². The third-order valence-electron chi connectivity index (χ3n) is 2.76. The van der Waals surface area contributed by atoms with E-state index in [1.165, 1.54) is 0 Å². The molecular formula is C15H14ClN3O. The van der Waals surface area contributed by atoms with Crippen molar-refractivity contribution in [3.8, 4) is 11.8 Å². The summed E-state index contributed by atoms with van der Waals surface area (Å²) < 4.78 is 5.66. The van der Waals surface area contributed by atoms with Crippen LogP contribution in [0.4, 0.5) is 0 Å². The number of benzene rings is 1. The van der Waals surface area contributed by atoms with Crippen LogP contribution >= 0.6 is 11.6 Å². The zero-order valence-electron chi connectivity index (χ0n) is 11.1. The van der Waals surface area contributed by atoms with Gasteiger partial charge in [0.25, 0.3) is 0 Å². The van der Waals surface area contributed by atoms with Crippen molar-refractivity contribution in [2.24, 2.45) is 0 Å². The molecule has 0 aliphatic heterocycles. The molecule has 102 valence electrons. The minimum Gasteiger partial charge on any atom is -0.487 e. The summed E-state index contributed by atoms with van der Waals surface area (Å²) in [5.41, 5.74) is 2.20. The molecule has 0 aliphatic rings. The van der Waals surface area contributed by atoms with Gasteiger partial charge in [0.15, 0.2) is 0 Å². The Morgan fingerprint density at radius 1 is 1.40 bits per heavy atom. The van der Waals surface area contributed by atoms with Crippen LogP contribution in [0.2, 0.25) is 5.02 Å². The second kappa shape index (κ2) is 6.90. The van der Waals surface area contributed by atoms with E-state index in [4.69, 9.17) is 21.6 Å². The lowest BCUT2D eigenvalue weighted by molar-refractivity contribution is 0.305. The van der Waals surface area contributed by atoms with Crippen molar-refractivity contribution in [3.63, 3.8) is 0 Å². The highest BCUT2D eigenvalue weighted by Crippen LogP contribution is 2.26. The van der Waals surface area contributed by atoms with Crippen LogP contribution in [0, 0.1) is 11.3 Å². The van der Waals surface area contributed by atoms with Gasteiger partial charge in [0.05, 0.1) is 5.02 Å². The fraction of sp³-hybridized carbons (Fsp3) is 0.200. The van der Waals surface area contributed by atoms with E-state index in [9.17, 15) is 0 Å². The summed E-state index contributed by atoms with van der Waals surface area (Å²) >= 11 is 6.17. The van der Waals surface area contributed by atoms with Gasteiger partial charge in [-0.15, -0.1) is 0 Å². The summed E-state index contributed by atoms with van der Waals surface area (Å²) in [4.78, 5) is 3.99. The SMILES string of the molecule is CNCc1ccc(OCc2cccnc2C#N)c(Cl)c1. The first-order valence-corrected chi connectivity index (χ1v) is 6.52. The molecule has 0 aliphatic carbocycles. The zero-order valence-corrected chi connectivity index (χ0v) is 11.8. The van der Waals surface area contributed by atoms with Crippen molar-refractivity contribution in [1.82, 2.24) is 10.3 Å². The molecule has 1 N–H and O–H groups in total. The van der Waals surface area contributed by atoms with Crippen LogP contribution in [-0.2, 0) is 13.2 Å². The third kappa shape index (κ3) is 3.47. The number of hydrogen-bond acceptors (Lipinski definition) is 4. The number of halogens is 1. The molecule has 2 rings (SSSR count). The largest absolute Gasteiger partial charge is 0.487 e. The number of nitriles is 1. The molecule has 0 radical (unpaired) electrons. The molecule has 0 bridgehead atoms. The average Bonchev–Trinajstić information content (AvgIpc) is 2.47. The number of ether oxygens (including phenoxy) is 1. The Morgan fingerprint density at radius 2 is 2.25 bits per heavy atom. The maximum atomic E-state index is 8.96. The zero-order chi connectivity index (χ0) is 14.4. The van der Waals surface area contributed by atoms with E-state index in [1.807, 2.05) is 37.4 Å². The van der Waals surface area contributed by atoms with Crippen molar-refractivity contribution in [1.29, 1.82) is 5.26 Å². The Kier molecular flexibility index (Phi) is 4.94. The molecule has 2 aromatic rings. The maximum Gasteiger partial charge on any atom is 0.147 e. The van der Waals surface area contributed by atoms with Gasteiger partial charge >= 0.3 is 0 Å².